The second-order valence-corrected chi connectivity index (χ2v) is 7.04. The van der Waals surface area contributed by atoms with Crippen LogP contribution in [-0.4, -0.2) is 22.3 Å². The molecule has 0 amide bonds. The molecule has 3 aromatic rings. The molecule has 2 aromatic carbocycles. The number of hydrogen-bond donors (Lipinski definition) is 1. The third-order valence-electron chi connectivity index (χ3n) is 4.55. The summed E-state index contributed by atoms with van der Waals surface area (Å²) < 4.78 is 0. The molecular formula is C21H17N3O2S. The molecule has 27 heavy (non-hydrogen) atoms. The van der Waals surface area contributed by atoms with E-state index in [9.17, 15) is 9.59 Å². The van der Waals surface area contributed by atoms with Gasteiger partial charge in [-0.1, -0.05) is 61.5 Å². The highest BCUT2D eigenvalue weighted by atomic mass is 32.1. The molecular weight excluding hydrogens is 358 g/mol. The van der Waals surface area contributed by atoms with Crippen LogP contribution < -0.4 is 5.43 Å². The number of thiazole rings is 1. The van der Waals surface area contributed by atoms with Gasteiger partial charge < -0.3 is 0 Å². The summed E-state index contributed by atoms with van der Waals surface area (Å²) in [6.07, 6.45) is 0.500. The topological polar surface area (TPSA) is 71.4 Å². The van der Waals surface area contributed by atoms with Gasteiger partial charge in [0.05, 0.1) is 11.4 Å². The van der Waals surface area contributed by atoms with Gasteiger partial charge in [-0.15, -0.1) is 11.3 Å². The molecule has 1 aromatic heterocycles. The van der Waals surface area contributed by atoms with E-state index in [1.54, 1.807) is 24.3 Å². The van der Waals surface area contributed by atoms with Gasteiger partial charge in [-0.3, -0.25) is 15.0 Å². The number of hydrazone groups is 1. The minimum Gasteiger partial charge on any atom is -0.293 e. The summed E-state index contributed by atoms with van der Waals surface area (Å²) >= 11 is 1.43. The van der Waals surface area contributed by atoms with Gasteiger partial charge in [0.1, 0.15) is 5.92 Å². The number of rotatable bonds is 5. The van der Waals surface area contributed by atoms with Crippen LogP contribution in [0, 0.1) is 5.92 Å². The van der Waals surface area contributed by atoms with Gasteiger partial charge in [-0.05, 0) is 6.42 Å². The van der Waals surface area contributed by atoms with Crippen LogP contribution in [0.15, 0.2) is 65.1 Å². The van der Waals surface area contributed by atoms with Crippen molar-refractivity contribution in [3.05, 3.63) is 71.1 Å². The summed E-state index contributed by atoms with van der Waals surface area (Å²) in [6, 6.07) is 16.8. The number of hydrogen-bond acceptors (Lipinski definition) is 6. The number of carbonyl (C=O) groups excluding carboxylic acids is 2. The standard InChI is InChI=1S/C21H17N3O2S/c1-2-16(18-19(25)14-10-6-7-11-15(14)20(18)26)23-24-21-22-17(12-27-21)13-8-4-3-5-9-13/h3-12,18H,2H2,1H3,(H,22,24)/b23-16+. The first-order valence-electron chi connectivity index (χ1n) is 8.70. The smallest absolute Gasteiger partial charge is 0.203 e. The Kier molecular flexibility index (Phi) is 4.64. The fourth-order valence-corrected chi connectivity index (χ4v) is 3.84. The largest absolute Gasteiger partial charge is 0.293 e. The molecule has 0 unspecified atom stereocenters. The molecule has 0 saturated heterocycles. The van der Waals surface area contributed by atoms with E-state index >= 15 is 0 Å². The predicted molar refractivity (Wildman–Crippen MR) is 107 cm³/mol. The lowest BCUT2D eigenvalue weighted by molar-refractivity contribution is 0.0882. The highest BCUT2D eigenvalue weighted by Gasteiger charge is 2.41. The molecule has 0 bridgehead atoms. The van der Waals surface area contributed by atoms with Crippen molar-refractivity contribution in [2.24, 2.45) is 11.0 Å². The van der Waals surface area contributed by atoms with E-state index in [4.69, 9.17) is 0 Å². The fourth-order valence-electron chi connectivity index (χ4n) is 3.18. The van der Waals surface area contributed by atoms with Gasteiger partial charge >= 0.3 is 0 Å². The first-order valence-corrected chi connectivity index (χ1v) is 9.58. The Morgan fingerprint density at radius 2 is 1.67 bits per heavy atom. The number of fused-ring (bicyclic) bond motifs is 1. The minimum atomic E-state index is -0.839. The molecule has 0 atom stereocenters. The molecule has 1 aliphatic rings. The first kappa shape index (κ1) is 17.3. The molecule has 1 aliphatic carbocycles. The molecule has 0 saturated carbocycles. The van der Waals surface area contributed by atoms with Gasteiger partial charge in [-0.25, -0.2) is 4.98 Å². The quantitative estimate of drug-likeness (QED) is 0.399. The maximum atomic E-state index is 12.7. The zero-order chi connectivity index (χ0) is 18.8. The zero-order valence-electron chi connectivity index (χ0n) is 14.7. The van der Waals surface area contributed by atoms with E-state index in [0.717, 1.165) is 11.3 Å². The van der Waals surface area contributed by atoms with Gasteiger partial charge in [0.15, 0.2) is 11.6 Å². The normalized spacial score (nSPS) is 14.5. The van der Waals surface area contributed by atoms with Crippen molar-refractivity contribution < 1.29 is 9.59 Å². The number of anilines is 1. The molecule has 1 heterocycles. The van der Waals surface area contributed by atoms with E-state index in [-0.39, 0.29) is 11.6 Å². The van der Waals surface area contributed by atoms with Gasteiger partial charge in [-0.2, -0.15) is 5.10 Å². The average Bonchev–Trinajstić information content (AvgIpc) is 3.28. The summed E-state index contributed by atoms with van der Waals surface area (Å²) in [6.45, 7) is 1.89. The summed E-state index contributed by atoms with van der Waals surface area (Å²) in [5.74, 6) is -1.20. The van der Waals surface area contributed by atoms with E-state index in [1.807, 2.05) is 42.6 Å². The van der Waals surface area contributed by atoms with Crippen LogP contribution in [-0.2, 0) is 0 Å². The molecule has 0 fully saturated rings. The number of nitrogens with one attached hydrogen (secondary N) is 1. The van der Waals surface area contributed by atoms with E-state index in [2.05, 4.69) is 15.5 Å². The zero-order valence-corrected chi connectivity index (χ0v) is 15.5. The number of Topliss-reactive ketones (excluding diaryl/α,β-unsaturated/α-hetero) is 2. The number of ketones is 2. The van der Waals surface area contributed by atoms with E-state index < -0.39 is 5.92 Å². The van der Waals surface area contributed by atoms with Crippen molar-refractivity contribution >= 4 is 33.7 Å². The van der Waals surface area contributed by atoms with Crippen molar-refractivity contribution in [3.63, 3.8) is 0 Å². The summed E-state index contributed by atoms with van der Waals surface area (Å²) in [7, 11) is 0. The van der Waals surface area contributed by atoms with Gasteiger partial charge in [0, 0.05) is 22.1 Å². The third kappa shape index (κ3) is 3.19. The molecule has 1 N–H and O–H groups in total. The SMILES string of the molecule is CC/C(=N\Nc1nc(-c2ccccc2)cs1)C1C(=O)c2ccccc2C1=O. The Morgan fingerprint density at radius 3 is 2.30 bits per heavy atom. The Balaban J connectivity index is 1.56. The molecule has 0 radical (unpaired) electrons. The highest BCUT2D eigenvalue weighted by molar-refractivity contribution is 7.14. The summed E-state index contributed by atoms with van der Waals surface area (Å²) in [5.41, 5.74) is 6.29. The van der Waals surface area contributed by atoms with E-state index in [1.165, 1.54) is 11.3 Å². The Labute approximate surface area is 160 Å². The predicted octanol–water partition coefficient (Wildman–Crippen LogP) is 4.68. The van der Waals surface area contributed by atoms with Gasteiger partial charge in [0.2, 0.25) is 5.13 Å². The monoisotopic (exact) mass is 375 g/mol. The third-order valence-corrected chi connectivity index (χ3v) is 5.29. The molecule has 6 heteroatoms. The first-order chi connectivity index (χ1) is 13.2. The summed E-state index contributed by atoms with van der Waals surface area (Å²) in [4.78, 5) is 29.9. The van der Waals surface area contributed by atoms with Crippen LogP contribution in [0.25, 0.3) is 11.3 Å². The molecule has 5 nitrogen and oxygen atoms in total. The lowest BCUT2D eigenvalue weighted by Gasteiger charge is -2.09. The Hall–Kier alpha value is -3.12. The van der Waals surface area contributed by atoms with Crippen molar-refractivity contribution in [3.8, 4) is 11.3 Å². The van der Waals surface area contributed by atoms with Crippen molar-refractivity contribution in [2.45, 2.75) is 13.3 Å². The average molecular weight is 375 g/mol. The van der Waals surface area contributed by atoms with Crippen LogP contribution in [0.2, 0.25) is 0 Å². The second-order valence-electron chi connectivity index (χ2n) is 6.18. The number of carbonyl (C=O) groups is 2. The van der Waals surface area contributed by atoms with Crippen molar-refractivity contribution in [1.29, 1.82) is 0 Å². The number of benzene rings is 2. The lowest BCUT2D eigenvalue weighted by atomic mass is 9.96. The van der Waals surface area contributed by atoms with Crippen LogP contribution in [0.5, 0.6) is 0 Å². The molecule has 0 spiro atoms. The van der Waals surface area contributed by atoms with E-state index in [0.29, 0.717) is 28.4 Å². The van der Waals surface area contributed by atoms with Crippen LogP contribution in [0.1, 0.15) is 34.1 Å². The maximum Gasteiger partial charge on any atom is 0.203 e. The van der Waals surface area contributed by atoms with Crippen molar-refractivity contribution in [1.82, 2.24) is 4.98 Å². The highest BCUT2D eigenvalue weighted by Crippen LogP contribution is 2.29. The molecule has 4 rings (SSSR count). The lowest BCUT2D eigenvalue weighted by Crippen LogP contribution is -2.26. The van der Waals surface area contributed by atoms with Crippen LogP contribution in [0.4, 0.5) is 5.13 Å². The molecule has 0 aliphatic heterocycles. The Morgan fingerprint density at radius 1 is 1.04 bits per heavy atom. The Bertz CT molecular complexity index is 1010. The van der Waals surface area contributed by atoms with Crippen molar-refractivity contribution in [2.75, 3.05) is 5.43 Å². The summed E-state index contributed by atoms with van der Waals surface area (Å²) in [5, 5.41) is 6.92. The van der Waals surface area contributed by atoms with Crippen LogP contribution in [0.3, 0.4) is 0 Å². The number of nitrogens with zero attached hydrogens (tertiary/aromatic N) is 2. The fraction of sp³-hybridized carbons (Fsp3) is 0.143. The molecule has 134 valence electrons. The van der Waals surface area contributed by atoms with Crippen LogP contribution >= 0.6 is 11.3 Å². The minimum absolute atomic E-state index is 0.179. The second kappa shape index (κ2) is 7.25. The number of aromatic nitrogens is 1. The van der Waals surface area contributed by atoms with Gasteiger partial charge in [0.25, 0.3) is 0 Å². The maximum absolute atomic E-state index is 12.7.